The fourth-order valence-electron chi connectivity index (χ4n) is 2.32. The largest absolute Gasteiger partial charge is 0.361 e. The molecule has 1 aromatic heterocycles. The number of rotatable bonds is 6. The van der Waals surface area contributed by atoms with Gasteiger partial charge in [-0.05, 0) is 30.1 Å². The van der Waals surface area contributed by atoms with E-state index < -0.39 is 4.92 Å². The van der Waals surface area contributed by atoms with Crippen molar-refractivity contribution < 1.29 is 4.92 Å². The Morgan fingerprint density at radius 3 is 2.94 bits per heavy atom. The standard InChI is InChI=1S/C11H17N3O2S/c15-14(16)10-8-13-11(17-10)12-7-3-6-9-4-1-2-5-9/h8-9H,1-7H2,(H,12,13). The number of nitro groups is 1. The molecule has 0 saturated heterocycles. The first kappa shape index (κ1) is 12.3. The Hall–Kier alpha value is -1.17. The predicted octanol–water partition coefficient (Wildman–Crippen LogP) is 3.43. The molecule has 1 fully saturated rings. The Labute approximate surface area is 104 Å². The van der Waals surface area contributed by atoms with Crippen molar-refractivity contribution in [1.82, 2.24) is 4.98 Å². The molecular formula is C11H17N3O2S. The summed E-state index contributed by atoms with van der Waals surface area (Å²) in [6, 6.07) is 0. The average molecular weight is 255 g/mol. The Morgan fingerprint density at radius 1 is 1.53 bits per heavy atom. The zero-order chi connectivity index (χ0) is 12.1. The van der Waals surface area contributed by atoms with Crippen molar-refractivity contribution in [3.05, 3.63) is 16.3 Å². The summed E-state index contributed by atoms with van der Waals surface area (Å²) in [6.45, 7) is 0.862. The summed E-state index contributed by atoms with van der Waals surface area (Å²) in [6.07, 6.45) is 9.22. The Kier molecular flexibility index (Phi) is 4.30. The third-order valence-electron chi connectivity index (χ3n) is 3.21. The molecule has 0 aromatic carbocycles. The number of hydrogen-bond acceptors (Lipinski definition) is 5. The number of anilines is 1. The summed E-state index contributed by atoms with van der Waals surface area (Å²) in [5.74, 6) is 0.905. The predicted molar refractivity (Wildman–Crippen MR) is 68.5 cm³/mol. The van der Waals surface area contributed by atoms with Crippen LogP contribution in [0.15, 0.2) is 6.20 Å². The Balaban J connectivity index is 1.65. The highest BCUT2D eigenvalue weighted by Crippen LogP contribution is 2.29. The lowest BCUT2D eigenvalue weighted by molar-refractivity contribution is -0.380. The van der Waals surface area contributed by atoms with Crippen molar-refractivity contribution in [2.45, 2.75) is 38.5 Å². The van der Waals surface area contributed by atoms with E-state index in [0.29, 0.717) is 5.13 Å². The van der Waals surface area contributed by atoms with Crippen LogP contribution in [0.2, 0.25) is 0 Å². The van der Waals surface area contributed by atoms with Crippen LogP contribution in [0.1, 0.15) is 38.5 Å². The van der Waals surface area contributed by atoms with Gasteiger partial charge in [-0.1, -0.05) is 25.7 Å². The molecule has 0 aliphatic heterocycles. The number of nitrogens with one attached hydrogen (secondary N) is 1. The minimum atomic E-state index is -0.401. The molecule has 1 aliphatic rings. The van der Waals surface area contributed by atoms with Gasteiger partial charge in [-0.3, -0.25) is 10.1 Å². The summed E-state index contributed by atoms with van der Waals surface area (Å²) < 4.78 is 0. The number of aromatic nitrogens is 1. The zero-order valence-corrected chi connectivity index (χ0v) is 10.5. The molecule has 0 amide bonds. The summed E-state index contributed by atoms with van der Waals surface area (Å²) in [5, 5.41) is 14.4. The van der Waals surface area contributed by atoms with E-state index in [1.165, 1.54) is 38.3 Å². The van der Waals surface area contributed by atoms with Gasteiger partial charge < -0.3 is 5.32 Å². The normalized spacial score (nSPS) is 16.2. The van der Waals surface area contributed by atoms with Crippen molar-refractivity contribution in [3.8, 4) is 0 Å². The molecule has 0 unspecified atom stereocenters. The van der Waals surface area contributed by atoms with Crippen molar-refractivity contribution in [2.75, 3.05) is 11.9 Å². The van der Waals surface area contributed by atoms with Crippen molar-refractivity contribution in [2.24, 2.45) is 5.92 Å². The van der Waals surface area contributed by atoms with Crippen LogP contribution in [0.3, 0.4) is 0 Å². The molecule has 0 spiro atoms. The number of thiazole rings is 1. The lowest BCUT2D eigenvalue weighted by Gasteiger charge is -2.08. The van der Waals surface area contributed by atoms with Crippen LogP contribution in [0.4, 0.5) is 10.1 Å². The van der Waals surface area contributed by atoms with E-state index in [9.17, 15) is 10.1 Å². The molecular weight excluding hydrogens is 238 g/mol. The van der Waals surface area contributed by atoms with Crippen molar-refractivity contribution in [1.29, 1.82) is 0 Å². The maximum absolute atomic E-state index is 10.5. The quantitative estimate of drug-likeness (QED) is 0.480. The van der Waals surface area contributed by atoms with E-state index in [1.807, 2.05) is 0 Å². The van der Waals surface area contributed by atoms with Crippen LogP contribution in [0, 0.1) is 16.0 Å². The van der Waals surface area contributed by atoms with Gasteiger partial charge in [0.15, 0.2) is 5.13 Å². The van der Waals surface area contributed by atoms with Crippen LogP contribution < -0.4 is 5.32 Å². The van der Waals surface area contributed by atoms with E-state index in [2.05, 4.69) is 10.3 Å². The van der Waals surface area contributed by atoms with E-state index in [-0.39, 0.29) is 5.00 Å². The zero-order valence-electron chi connectivity index (χ0n) is 9.72. The van der Waals surface area contributed by atoms with Gasteiger partial charge in [0.2, 0.25) is 0 Å². The van der Waals surface area contributed by atoms with Crippen molar-refractivity contribution >= 4 is 21.5 Å². The van der Waals surface area contributed by atoms with Gasteiger partial charge in [0.05, 0.1) is 4.92 Å². The topological polar surface area (TPSA) is 68.1 Å². The molecule has 94 valence electrons. The second-order valence-electron chi connectivity index (χ2n) is 4.48. The molecule has 6 heteroatoms. The fourth-order valence-corrected chi connectivity index (χ4v) is 2.97. The highest BCUT2D eigenvalue weighted by Gasteiger charge is 2.14. The first-order valence-corrected chi connectivity index (χ1v) is 6.91. The molecule has 5 nitrogen and oxygen atoms in total. The van der Waals surface area contributed by atoms with Crippen LogP contribution >= 0.6 is 11.3 Å². The van der Waals surface area contributed by atoms with Gasteiger partial charge in [-0.15, -0.1) is 0 Å². The highest BCUT2D eigenvalue weighted by molar-refractivity contribution is 7.18. The molecule has 17 heavy (non-hydrogen) atoms. The van der Waals surface area contributed by atoms with Crippen LogP contribution in [0.5, 0.6) is 0 Å². The second kappa shape index (κ2) is 5.95. The summed E-state index contributed by atoms with van der Waals surface area (Å²) in [5.41, 5.74) is 0. The van der Waals surface area contributed by atoms with Crippen molar-refractivity contribution in [3.63, 3.8) is 0 Å². The minimum Gasteiger partial charge on any atom is -0.361 e. The maximum Gasteiger partial charge on any atom is 0.345 e. The molecule has 0 radical (unpaired) electrons. The van der Waals surface area contributed by atoms with Gasteiger partial charge in [-0.2, -0.15) is 0 Å². The van der Waals surface area contributed by atoms with Crippen LogP contribution in [0.25, 0.3) is 0 Å². The average Bonchev–Trinajstić information content (AvgIpc) is 2.96. The Morgan fingerprint density at radius 2 is 2.29 bits per heavy atom. The molecule has 1 saturated carbocycles. The van der Waals surface area contributed by atoms with Crippen LogP contribution in [-0.4, -0.2) is 16.5 Å². The monoisotopic (exact) mass is 255 g/mol. The van der Waals surface area contributed by atoms with Gasteiger partial charge >= 0.3 is 5.00 Å². The lowest BCUT2D eigenvalue weighted by atomic mass is 10.0. The van der Waals surface area contributed by atoms with Crippen LogP contribution in [-0.2, 0) is 0 Å². The third kappa shape index (κ3) is 3.66. The third-order valence-corrected chi connectivity index (χ3v) is 4.12. The van der Waals surface area contributed by atoms with Gasteiger partial charge in [-0.25, -0.2) is 4.98 Å². The van der Waals surface area contributed by atoms with E-state index in [0.717, 1.165) is 30.2 Å². The summed E-state index contributed by atoms with van der Waals surface area (Å²) in [7, 11) is 0. The molecule has 1 aliphatic carbocycles. The van der Waals surface area contributed by atoms with E-state index in [4.69, 9.17) is 0 Å². The van der Waals surface area contributed by atoms with E-state index in [1.54, 1.807) is 0 Å². The first-order chi connectivity index (χ1) is 8.25. The van der Waals surface area contributed by atoms with Gasteiger partial charge in [0, 0.05) is 6.54 Å². The molecule has 0 atom stereocenters. The SMILES string of the molecule is O=[N+]([O-])c1cnc(NCCCC2CCCC2)s1. The minimum absolute atomic E-state index is 0.100. The second-order valence-corrected chi connectivity index (χ2v) is 5.49. The summed E-state index contributed by atoms with van der Waals surface area (Å²) >= 11 is 1.10. The molecule has 1 N–H and O–H groups in total. The summed E-state index contributed by atoms with van der Waals surface area (Å²) in [4.78, 5) is 14.0. The maximum atomic E-state index is 10.5. The molecule has 1 aromatic rings. The Bertz CT molecular complexity index is 375. The highest BCUT2D eigenvalue weighted by atomic mass is 32.1. The number of nitrogens with zero attached hydrogens (tertiary/aromatic N) is 2. The lowest BCUT2D eigenvalue weighted by Crippen LogP contribution is -2.03. The molecule has 2 rings (SSSR count). The van der Waals surface area contributed by atoms with Gasteiger partial charge in [0.1, 0.15) is 6.20 Å². The molecule has 1 heterocycles. The molecule has 0 bridgehead atoms. The first-order valence-electron chi connectivity index (χ1n) is 6.10. The van der Waals surface area contributed by atoms with Gasteiger partial charge in [0.25, 0.3) is 0 Å². The smallest absolute Gasteiger partial charge is 0.345 e. The van der Waals surface area contributed by atoms with E-state index >= 15 is 0 Å². The number of hydrogen-bond donors (Lipinski definition) is 1. The fraction of sp³-hybridized carbons (Fsp3) is 0.727.